The Morgan fingerprint density at radius 2 is 1.59 bits per heavy atom. The quantitative estimate of drug-likeness (QED) is 0.0735. The molecule has 1 saturated carbocycles. The minimum atomic E-state index is -1.35. The highest BCUT2D eigenvalue weighted by molar-refractivity contribution is 6.76. The van der Waals surface area contributed by atoms with Crippen molar-refractivity contribution in [2.75, 3.05) is 13.7 Å². The van der Waals surface area contributed by atoms with E-state index in [4.69, 9.17) is 14.2 Å². The van der Waals surface area contributed by atoms with Gasteiger partial charge in [0.15, 0.2) is 5.82 Å². The number of nitrogens with zero attached hydrogens (tertiary/aromatic N) is 2. The molecule has 0 N–H and O–H groups in total. The van der Waals surface area contributed by atoms with Crippen LogP contribution in [0.1, 0.15) is 36.0 Å². The molecule has 0 radical (unpaired) electrons. The Morgan fingerprint density at radius 1 is 0.977 bits per heavy atom. The predicted octanol–water partition coefficient (Wildman–Crippen LogP) is 7.88. The molecule has 0 atom stereocenters. The van der Waals surface area contributed by atoms with Crippen LogP contribution in [0.25, 0.3) is 33.3 Å². The number of hydrogen-bond acceptors (Lipinski definition) is 6. The topological polar surface area (TPSA) is 79.7 Å². The summed E-state index contributed by atoms with van der Waals surface area (Å²) < 4.78 is 50.5. The first-order valence-electron chi connectivity index (χ1n) is 14.9. The number of hydrogen-bond donors (Lipinski definition) is 0. The summed E-state index contributed by atoms with van der Waals surface area (Å²) in [5, 5.41) is 0. The van der Waals surface area contributed by atoms with Crippen LogP contribution in [-0.2, 0) is 21.0 Å². The molecule has 1 heterocycles. The molecule has 0 unspecified atom stereocenters. The molecule has 0 saturated heterocycles. The molecule has 7 nitrogen and oxygen atoms in total. The third kappa shape index (κ3) is 7.08. The number of imidazole rings is 1. The van der Waals surface area contributed by atoms with E-state index in [2.05, 4.69) is 24.6 Å². The Kier molecular flexibility index (Phi) is 9.60. The molecule has 1 fully saturated rings. The molecule has 0 bridgehead atoms. The second-order valence-electron chi connectivity index (χ2n) is 12.5. The number of carbonyl (C=O) groups excluding carboxylic acids is 2. The van der Waals surface area contributed by atoms with E-state index in [1.807, 2.05) is 12.1 Å². The van der Waals surface area contributed by atoms with Crippen LogP contribution in [0, 0.1) is 17.6 Å². The predicted molar refractivity (Wildman–Crippen MR) is 168 cm³/mol. The highest BCUT2D eigenvalue weighted by Crippen LogP contribution is 2.36. The second-order valence-corrected chi connectivity index (χ2v) is 18.1. The number of halogens is 2. The highest BCUT2D eigenvalue weighted by atomic mass is 28.3. The summed E-state index contributed by atoms with van der Waals surface area (Å²) in [6, 6.07) is 16.4. The Bertz CT molecular complexity index is 1620. The summed E-state index contributed by atoms with van der Waals surface area (Å²) in [7, 11) is 0.0424. The normalized spacial score (nSPS) is 17.0. The van der Waals surface area contributed by atoms with Gasteiger partial charge in [-0.1, -0.05) is 68.2 Å². The third-order valence-corrected chi connectivity index (χ3v) is 9.86. The minimum absolute atomic E-state index is 0.00183. The second kappa shape index (κ2) is 13.4. The summed E-state index contributed by atoms with van der Waals surface area (Å²) >= 11 is 0. The number of aromatic nitrogens is 2. The third-order valence-electron chi connectivity index (χ3n) is 8.15. The van der Waals surface area contributed by atoms with Crippen LogP contribution >= 0.6 is 0 Å². The van der Waals surface area contributed by atoms with Crippen LogP contribution in [0.15, 0.2) is 54.6 Å². The number of rotatable bonds is 11. The lowest BCUT2D eigenvalue weighted by Gasteiger charge is -2.27. The molecule has 1 aliphatic rings. The Labute approximate surface area is 257 Å². The van der Waals surface area contributed by atoms with Gasteiger partial charge in [0.05, 0.1) is 24.1 Å². The van der Waals surface area contributed by atoms with Gasteiger partial charge in [-0.25, -0.2) is 8.78 Å². The molecular formula is C34H38F2N2O5Si. The molecule has 0 amide bonds. The van der Waals surface area contributed by atoms with Gasteiger partial charge in [0.25, 0.3) is 6.01 Å². The van der Waals surface area contributed by atoms with E-state index in [1.165, 1.54) is 13.2 Å². The molecule has 5 rings (SSSR count). The van der Waals surface area contributed by atoms with Gasteiger partial charge in [0, 0.05) is 26.3 Å². The van der Waals surface area contributed by atoms with Gasteiger partial charge >= 0.3 is 5.97 Å². The zero-order valence-corrected chi connectivity index (χ0v) is 26.6. The maximum Gasteiger partial charge on any atom is 0.308 e. The zero-order chi connectivity index (χ0) is 31.4. The molecule has 4 aromatic rings. The van der Waals surface area contributed by atoms with Gasteiger partial charge in [0.1, 0.15) is 30.5 Å². The molecule has 1 aliphatic carbocycles. The van der Waals surface area contributed by atoms with Crippen LogP contribution in [0.4, 0.5) is 8.78 Å². The van der Waals surface area contributed by atoms with E-state index in [9.17, 15) is 9.59 Å². The van der Waals surface area contributed by atoms with Crippen LogP contribution in [-0.4, -0.2) is 49.7 Å². The first-order chi connectivity index (χ1) is 21.1. The highest BCUT2D eigenvalue weighted by Gasteiger charge is 2.30. The molecule has 3 aromatic carbocycles. The van der Waals surface area contributed by atoms with E-state index in [0.717, 1.165) is 23.5 Å². The SMILES string of the molecule is COC(=O)[C@H]1CC[C@H](Oc2nc3c(F)c(-c4ccc(-c5ccc(C=O)cc5)cc4)c(F)cc3n2COCC[Si](C)(C)C)CC1. The Balaban J connectivity index is 1.45. The zero-order valence-electron chi connectivity index (χ0n) is 25.6. The molecule has 44 heavy (non-hydrogen) atoms. The van der Waals surface area contributed by atoms with Crippen molar-refractivity contribution >= 4 is 31.4 Å². The van der Waals surface area contributed by atoms with Crippen molar-refractivity contribution in [2.24, 2.45) is 5.92 Å². The molecule has 0 aliphatic heterocycles. The van der Waals surface area contributed by atoms with Gasteiger partial charge in [-0.3, -0.25) is 14.2 Å². The van der Waals surface area contributed by atoms with Gasteiger partial charge in [-0.15, -0.1) is 0 Å². The molecule has 1 aromatic heterocycles. The summed E-state index contributed by atoms with van der Waals surface area (Å²) in [6.45, 7) is 7.33. The number of carbonyl (C=O) groups is 2. The first-order valence-corrected chi connectivity index (χ1v) is 18.6. The van der Waals surface area contributed by atoms with Crippen molar-refractivity contribution in [1.82, 2.24) is 9.55 Å². The Morgan fingerprint density at radius 3 is 2.18 bits per heavy atom. The van der Waals surface area contributed by atoms with Crippen molar-refractivity contribution < 1.29 is 32.6 Å². The van der Waals surface area contributed by atoms with Crippen LogP contribution < -0.4 is 4.74 Å². The van der Waals surface area contributed by atoms with Crippen molar-refractivity contribution in [3.05, 3.63) is 71.8 Å². The molecule has 0 spiro atoms. The van der Waals surface area contributed by atoms with Gasteiger partial charge in [-0.2, -0.15) is 4.98 Å². The van der Waals surface area contributed by atoms with E-state index < -0.39 is 19.7 Å². The fraction of sp³-hybridized carbons (Fsp3) is 0.382. The standard InChI is InChI=1S/C34H38F2N2O5Si/c1-41-33(40)26-13-15-27(16-14-26)43-34-37-32-29(38(34)21-42-17-18-44(2,3)4)19-28(35)30(31(32)36)25-11-9-24(10-12-25)23-7-5-22(20-39)6-8-23/h5-12,19-20,26-27H,13-18,21H2,1-4H3/t26-,27-. The average molecular weight is 621 g/mol. The van der Waals surface area contributed by atoms with Gasteiger partial charge in [-0.05, 0) is 48.4 Å². The van der Waals surface area contributed by atoms with Crippen LogP contribution in [0.5, 0.6) is 6.01 Å². The molecule has 10 heteroatoms. The number of fused-ring (bicyclic) bond motifs is 1. The van der Waals surface area contributed by atoms with Crippen LogP contribution in [0.2, 0.25) is 25.7 Å². The van der Waals surface area contributed by atoms with Crippen molar-refractivity contribution in [2.45, 2.75) is 64.2 Å². The number of methoxy groups -OCH3 is 1. The van der Waals surface area contributed by atoms with Crippen molar-refractivity contribution in [3.63, 3.8) is 0 Å². The maximum atomic E-state index is 16.1. The molecule has 232 valence electrons. The summed E-state index contributed by atoms with van der Waals surface area (Å²) in [5.74, 6) is -1.88. The van der Waals surface area contributed by atoms with E-state index in [-0.39, 0.29) is 47.3 Å². The number of ether oxygens (including phenoxy) is 3. The largest absolute Gasteiger partial charge is 0.469 e. The Hall–Kier alpha value is -3.89. The fourth-order valence-electron chi connectivity index (χ4n) is 5.50. The van der Waals surface area contributed by atoms with Gasteiger partial charge in [0.2, 0.25) is 0 Å². The van der Waals surface area contributed by atoms with E-state index in [1.54, 1.807) is 41.0 Å². The molecular weight excluding hydrogens is 582 g/mol. The minimum Gasteiger partial charge on any atom is -0.469 e. The maximum absolute atomic E-state index is 16.1. The lowest BCUT2D eigenvalue weighted by molar-refractivity contribution is -0.147. The van der Waals surface area contributed by atoms with E-state index >= 15 is 8.78 Å². The lowest BCUT2D eigenvalue weighted by Crippen LogP contribution is -2.29. The number of aldehydes is 1. The van der Waals surface area contributed by atoms with Gasteiger partial charge < -0.3 is 14.2 Å². The monoisotopic (exact) mass is 620 g/mol. The summed E-state index contributed by atoms with van der Waals surface area (Å²) in [5.41, 5.74) is 2.76. The van der Waals surface area contributed by atoms with Crippen molar-refractivity contribution in [3.8, 4) is 28.3 Å². The van der Waals surface area contributed by atoms with E-state index in [0.29, 0.717) is 43.4 Å². The lowest BCUT2D eigenvalue weighted by atomic mass is 9.87. The average Bonchev–Trinajstić information content (AvgIpc) is 3.35. The number of esters is 1. The summed E-state index contributed by atoms with van der Waals surface area (Å²) in [6.07, 6.45) is 3.02. The summed E-state index contributed by atoms with van der Waals surface area (Å²) in [4.78, 5) is 27.5. The fourth-order valence-corrected chi connectivity index (χ4v) is 6.25. The van der Waals surface area contributed by atoms with Crippen molar-refractivity contribution in [1.29, 1.82) is 0 Å². The smallest absolute Gasteiger partial charge is 0.308 e. The number of benzene rings is 3. The first kappa shape index (κ1) is 31.5. The van der Waals surface area contributed by atoms with Crippen LogP contribution in [0.3, 0.4) is 0 Å².